The van der Waals surface area contributed by atoms with Crippen molar-refractivity contribution in [2.75, 3.05) is 58.0 Å². The first-order chi connectivity index (χ1) is 13.2. The van der Waals surface area contributed by atoms with E-state index in [0.717, 1.165) is 5.56 Å². The summed E-state index contributed by atoms with van der Waals surface area (Å²) in [6, 6.07) is 5.70. The average molecular weight is 374 g/mol. The molecule has 2 aromatic rings. The zero-order valence-corrected chi connectivity index (χ0v) is 15.5. The van der Waals surface area contributed by atoms with Gasteiger partial charge in [-0.2, -0.15) is 20.1 Å². The van der Waals surface area contributed by atoms with Crippen molar-refractivity contribution in [3.05, 3.63) is 23.8 Å². The van der Waals surface area contributed by atoms with Crippen LogP contribution in [0.4, 0.5) is 11.9 Å². The van der Waals surface area contributed by atoms with E-state index in [1.165, 1.54) is 7.11 Å². The van der Waals surface area contributed by atoms with Crippen molar-refractivity contribution < 1.29 is 18.9 Å². The first-order valence-electron chi connectivity index (χ1n) is 8.37. The lowest BCUT2D eigenvalue weighted by atomic mass is 10.2. The highest BCUT2D eigenvalue weighted by Gasteiger charge is 2.16. The smallest absolute Gasteiger partial charge is 0.322 e. The number of ether oxygens (including phenoxy) is 4. The molecule has 1 saturated heterocycles. The Morgan fingerprint density at radius 2 is 1.81 bits per heavy atom. The molecule has 1 N–H and O–H groups in total. The lowest BCUT2D eigenvalue weighted by Crippen LogP contribution is -2.37. The van der Waals surface area contributed by atoms with Gasteiger partial charge in [-0.25, -0.2) is 5.43 Å². The van der Waals surface area contributed by atoms with Crippen molar-refractivity contribution in [3.63, 3.8) is 0 Å². The number of nitrogens with one attached hydrogen (secondary N) is 1. The molecule has 3 rings (SSSR count). The normalized spacial score (nSPS) is 14.3. The number of methoxy groups -OCH3 is 3. The first kappa shape index (κ1) is 18.6. The van der Waals surface area contributed by atoms with E-state index in [2.05, 4.69) is 25.5 Å². The van der Waals surface area contributed by atoms with Crippen LogP contribution in [0.5, 0.6) is 17.5 Å². The molecule has 0 atom stereocenters. The highest BCUT2D eigenvalue weighted by atomic mass is 16.5. The summed E-state index contributed by atoms with van der Waals surface area (Å²) in [5, 5.41) is 4.18. The largest absolute Gasteiger partial charge is 0.493 e. The molecular formula is C17H22N6O4. The van der Waals surface area contributed by atoms with Gasteiger partial charge in [0.1, 0.15) is 0 Å². The number of morpholine rings is 1. The molecule has 144 valence electrons. The van der Waals surface area contributed by atoms with Gasteiger partial charge in [-0.3, -0.25) is 0 Å². The van der Waals surface area contributed by atoms with Crippen LogP contribution in [-0.4, -0.2) is 68.8 Å². The molecule has 0 bridgehead atoms. The second-order valence-corrected chi connectivity index (χ2v) is 5.53. The van der Waals surface area contributed by atoms with E-state index in [0.29, 0.717) is 49.7 Å². The minimum absolute atomic E-state index is 0.218. The van der Waals surface area contributed by atoms with Crippen molar-refractivity contribution >= 4 is 18.1 Å². The van der Waals surface area contributed by atoms with E-state index >= 15 is 0 Å². The van der Waals surface area contributed by atoms with Gasteiger partial charge in [0.15, 0.2) is 11.5 Å². The predicted octanol–water partition coefficient (Wildman–Crippen LogP) is 1.18. The fourth-order valence-corrected chi connectivity index (χ4v) is 2.49. The van der Waals surface area contributed by atoms with Gasteiger partial charge in [0, 0.05) is 13.1 Å². The van der Waals surface area contributed by atoms with Crippen LogP contribution in [-0.2, 0) is 4.74 Å². The first-order valence-corrected chi connectivity index (χ1v) is 8.37. The average Bonchev–Trinajstić information content (AvgIpc) is 2.74. The Balaban J connectivity index is 1.74. The molecule has 0 aliphatic carbocycles. The summed E-state index contributed by atoms with van der Waals surface area (Å²) >= 11 is 0. The van der Waals surface area contributed by atoms with E-state index < -0.39 is 0 Å². The molecular weight excluding hydrogens is 352 g/mol. The quantitative estimate of drug-likeness (QED) is 0.565. The fraction of sp³-hybridized carbons (Fsp3) is 0.412. The zero-order chi connectivity index (χ0) is 19.1. The monoisotopic (exact) mass is 374 g/mol. The lowest BCUT2D eigenvalue weighted by molar-refractivity contribution is 0.122. The Hall–Kier alpha value is -3.14. The molecule has 1 aliphatic heterocycles. The van der Waals surface area contributed by atoms with Gasteiger partial charge >= 0.3 is 6.01 Å². The third-order valence-corrected chi connectivity index (χ3v) is 3.87. The topological polar surface area (TPSA) is 103 Å². The maximum absolute atomic E-state index is 5.35. The Bertz CT molecular complexity index is 795. The van der Waals surface area contributed by atoms with E-state index in [1.54, 1.807) is 20.4 Å². The van der Waals surface area contributed by atoms with E-state index in [-0.39, 0.29) is 6.01 Å². The SMILES string of the molecule is COc1nc(NN=Cc2ccc(OC)c(OC)c2)nc(N2CCOCC2)n1. The van der Waals surface area contributed by atoms with Crippen LogP contribution in [0.1, 0.15) is 5.56 Å². The van der Waals surface area contributed by atoms with Crippen LogP contribution >= 0.6 is 0 Å². The molecule has 1 aliphatic rings. The minimum Gasteiger partial charge on any atom is -0.493 e. The number of hydrogen-bond donors (Lipinski definition) is 1. The van der Waals surface area contributed by atoms with E-state index in [9.17, 15) is 0 Å². The molecule has 0 unspecified atom stereocenters. The van der Waals surface area contributed by atoms with E-state index in [1.807, 2.05) is 23.1 Å². The second-order valence-electron chi connectivity index (χ2n) is 5.53. The van der Waals surface area contributed by atoms with Crippen LogP contribution in [0.2, 0.25) is 0 Å². The number of nitrogens with zero attached hydrogens (tertiary/aromatic N) is 5. The highest BCUT2D eigenvalue weighted by molar-refractivity contribution is 5.81. The van der Waals surface area contributed by atoms with Crippen LogP contribution in [0.25, 0.3) is 0 Å². The zero-order valence-electron chi connectivity index (χ0n) is 15.5. The maximum atomic E-state index is 5.35. The standard InChI is InChI=1S/C17H22N6O4/c1-24-13-5-4-12(10-14(13)25-2)11-18-22-15-19-16(21-17(20-15)26-3)23-6-8-27-9-7-23/h4-5,10-11H,6-9H2,1-3H3,(H,19,20,21,22). The molecule has 0 saturated carbocycles. The number of rotatable bonds is 7. The maximum Gasteiger partial charge on any atom is 0.322 e. The number of hydrazone groups is 1. The molecule has 1 aromatic carbocycles. The molecule has 27 heavy (non-hydrogen) atoms. The molecule has 1 aromatic heterocycles. The fourth-order valence-electron chi connectivity index (χ4n) is 2.49. The van der Waals surface area contributed by atoms with Gasteiger partial charge < -0.3 is 23.8 Å². The van der Waals surface area contributed by atoms with Gasteiger partial charge in [0.25, 0.3) is 5.95 Å². The minimum atomic E-state index is 0.218. The van der Waals surface area contributed by atoms with Crippen molar-refractivity contribution in [3.8, 4) is 17.5 Å². The van der Waals surface area contributed by atoms with Gasteiger partial charge in [-0.15, -0.1) is 0 Å². The molecule has 10 heteroatoms. The Morgan fingerprint density at radius 1 is 1.04 bits per heavy atom. The summed E-state index contributed by atoms with van der Waals surface area (Å²) in [5.41, 5.74) is 3.64. The number of aromatic nitrogens is 3. The molecule has 0 amide bonds. The van der Waals surface area contributed by atoms with Gasteiger partial charge in [-0.05, 0) is 23.8 Å². The van der Waals surface area contributed by atoms with Crippen molar-refractivity contribution in [2.45, 2.75) is 0 Å². The number of anilines is 2. The van der Waals surface area contributed by atoms with Gasteiger partial charge in [0.2, 0.25) is 5.95 Å². The molecule has 1 fully saturated rings. The summed E-state index contributed by atoms with van der Waals surface area (Å²) in [4.78, 5) is 14.9. The van der Waals surface area contributed by atoms with Crippen LogP contribution in [0.3, 0.4) is 0 Å². The Morgan fingerprint density at radius 3 is 2.52 bits per heavy atom. The van der Waals surface area contributed by atoms with Crippen LogP contribution in [0.15, 0.2) is 23.3 Å². The van der Waals surface area contributed by atoms with Crippen molar-refractivity contribution in [1.82, 2.24) is 15.0 Å². The summed E-state index contributed by atoms with van der Waals surface area (Å²) in [7, 11) is 4.68. The summed E-state index contributed by atoms with van der Waals surface area (Å²) in [6.45, 7) is 2.69. The van der Waals surface area contributed by atoms with E-state index in [4.69, 9.17) is 18.9 Å². The second kappa shape index (κ2) is 8.99. The summed E-state index contributed by atoms with van der Waals surface area (Å²) in [6.07, 6.45) is 1.63. The van der Waals surface area contributed by atoms with Crippen LogP contribution in [0, 0.1) is 0 Å². The Labute approximate surface area is 157 Å². The van der Waals surface area contributed by atoms with Crippen molar-refractivity contribution in [1.29, 1.82) is 0 Å². The molecule has 0 spiro atoms. The third kappa shape index (κ3) is 4.73. The van der Waals surface area contributed by atoms with Crippen molar-refractivity contribution in [2.24, 2.45) is 5.10 Å². The van der Waals surface area contributed by atoms with Crippen LogP contribution < -0.4 is 24.5 Å². The summed E-state index contributed by atoms with van der Waals surface area (Å²) < 4.78 is 21.0. The highest BCUT2D eigenvalue weighted by Crippen LogP contribution is 2.26. The Kier molecular flexibility index (Phi) is 6.21. The molecule has 0 radical (unpaired) electrons. The predicted molar refractivity (Wildman–Crippen MR) is 100 cm³/mol. The van der Waals surface area contributed by atoms with Gasteiger partial charge in [-0.1, -0.05) is 0 Å². The van der Waals surface area contributed by atoms with Gasteiger partial charge in [0.05, 0.1) is 40.8 Å². The lowest BCUT2D eigenvalue weighted by Gasteiger charge is -2.26. The summed E-state index contributed by atoms with van der Waals surface area (Å²) in [5.74, 6) is 2.09. The number of benzene rings is 1. The third-order valence-electron chi connectivity index (χ3n) is 3.87. The molecule has 10 nitrogen and oxygen atoms in total. The number of hydrogen-bond acceptors (Lipinski definition) is 10. The molecule has 2 heterocycles.